The monoisotopic (exact) mass is 459 g/mol. The molecule has 1 N–H and O–H groups in total. The van der Waals surface area contributed by atoms with E-state index < -0.39 is 0 Å². The third kappa shape index (κ3) is 6.02. The van der Waals surface area contributed by atoms with Gasteiger partial charge in [-0.1, -0.05) is 49.3 Å². The number of para-hydroxylation sites is 2. The predicted octanol–water partition coefficient (Wildman–Crippen LogP) is 5.23. The molecule has 1 amide bonds. The number of halogens is 1. The SMILES string of the molecule is CCOc1ccccc1NC(=O)CSc1nc2cc(Cl)ccc2c(=O)n1CCC(C)C. The molecular formula is C23H26ClN3O3S. The summed E-state index contributed by atoms with van der Waals surface area (Å²) in [7, 11) is 0. The van der Waals surface area contributed by atoms with E-state index in [9.17, 15) is 9.59 Å². The van der Waals surface area contributed by atoms with E-state index in [1.807, 2.05) is 25.1 Å². The lowest BCUT2D eigenvalue weighted by molar-refractivity contribution is -0.113. The standard InChI is InChI=1S/C23H26ClN3O3S/c1-4-30-20-8-6-5-7-18(20)25-21(28)14-31-23-26-19-13-16(24)9-10-17(19)22(29)27(23)12-11-15(2)3/h5-10,13,15H,4,11-12,14H2,1-3H3,(H,25,28). The molecule has 0 spiro atoms. The number of hydrogen-bond acceptors (Lipinski definition) is 5. The average molecular weight is 460 g/mol. The molecule has 1 aromatic heterocycles. The van der Waals surface area contributed by atoms with Gasteiger partial charge in [0.1, 0.15) is 5.75 Å². The van der Waals surface area contributed by atoms with E-state index in [-0.39, 0.29) is 17.2 Å². The summed E-state index contributed by atoms with van der Waals surface area (Å²) < 4.78 is 7.21. The topological polar surface area (TPSA) is 73.2 Å². The first-order valence-electron chi connectivity index (χ1n) is 10.2. The molecule has 0 radical (unpaired) electrons. The maximum absolute atomic E-state index is 13.1. The molecule has 31 heavy (non-hydrogen) atoms. The molecule has 2 aromatic carbocycles. The van der Waals surface area contributed by atoms with E-state index in [2.05, 4.69) is 24.1 Å². The van der Waals surface area contributed by atoms with Crippen LogP contribution in [0.2, 0.25) is 5.02 Å². The van der Waals surface area contributed by atoms with Crippen molar-refractivity contribution >= 4 is 45.9 Å². The van der Waals surface area contributed by atoms with Crippen LogP contribution in [0, 0.1) is 5.92 Å². The van der Waals surface area contributed by atoms with Crippen molar-refractivity contribution in [2.45, 2.75) is 38.9 Å². The number of carbonyl (C=O) groups excluding carboxylic acids is 1. The van der Waals surface area contributed by atoms with Crippen LogP contribution in [-0.4, -0.2) is 27.8 Å². The molecular weight excluding hydrogens is 434 g/mol. The van der Waals surface area contributed by atoms with Crippen molar-refractivity contribution in [1.29, 1.82) is 0 Å². The summed E-state index contributed by atoms with van der Waals surface area (Å²) in [6.45, 7) is 7.15. The zero-order chi connectivity index (χ0) is 22.4. The normalized spacial score (nSPS) is 11.1. The molecule has 1 heterocycles. The Morgan fingerprint density at radius 3 is 2.77 bits per heavy atom. The molecule has 6 nitrogen and oxygen atoms in total. The smallest absolute Gasteiger partial charge is 0.262 e. The summed E-state index contributed by atoms with van der Waals surface area (Å²) in [5.74, 6) is 0.966. The number of anilines is 1. The third-order valence-corrected chi connectivity index (χ3v) is 5.82. The maximum atomic E-state index is 13.1. The summed E-state index contributed by atoms with van der Waals surface area (Å²) in [6.07, 6.45) is 0.835. The Hall–Kier alpha value is -2.51. The summed E-state index contributed by atoms with van der Waals surface area (Å²) in [4.78, 5) is 30.3. The van der Waals surface area contributed by atoms with Crippen LogP contribution in [0.25, 0.3) is 10.9 Å². The van der Waals surface area contributed by atoms with Gasteiger partial charge in [-0.25, -0.2) is 4.98 Å². The average Bonchev–Trinajstić information content (AvgIpc) is 2.73. The minimum Gasteiger partial charge on any atom is -0.492 e. The first kappa shape index (κ1) is 23.2. The molecule has 0 aliphatic rings. The van der Waals surface area contributed by atoms with E-state index in [0.29, 0.717) is 51.6 Å². The number of aromatic nitrogens is 2. The van der Waals surface area contributed by atoms with E-state index in [1.54, 1.807) is 28.8 Å². The zero-order valence-electron chi connectivity index (χ0n) is 17.9. The number of rotatable bonds is 9. The molecule has 3 rings (SSSR count). The van der Waals surface area contributed by atoms with Crippen molar-refractivity contribution in [3.63, 3.8) is 0 Å². The third-order valence-electron chi connectivity index (χ3n) is 4.61. The Kier molecular flexibility index (Phi) is 7.98. The second kappa shape index (κ2) is 10.7. The first-order valence-corrected chi connectivity index (χ1v) is 11.6. The van der Waals surface area contributed by atoms with Gasteiger partial charge in [-0.3, -0.25) is 14.2 Å². The quantitative estimate of drug-likeness (QED) is 0.350. The number of nitrogens with one attached hydrogen (secondary N) is 1. The number of benzene rings is 2. The lowest BCUT2D eigenvalue weighted by Crippen LogP contribution is -2.25. The van der Waals surface area contributed by atoms with Gasteiger partial charge < -0.3 is 10.1 Å². The number of thioether (sulfide) groups is 1. The number of nitrogens with zero attached hydrogens (tertiary/aromatic N) is 2. The van der Waals surface area contributed by atoms with Gasteiger partial charge in [0.25, 0.3) is 5.56 Å². The fraction of sp³-hybridized carbons (Fsp3) is 0.348. The summed E-state index contributed by atoms with van der Waals surface area (Å²) in [5.41, 5.74) is 1.03. The highest BCUT2D eigenvalue weighted by Gasteiger charge is 2.15. The van der Waals surface area contributed by atoms with Gasteiger partial charge in [-0.2, -0.15) is 0 Å². The summed E-state index contributed by atoms with van der Waals surface area (Å²) in [5, 5.41) is 4.42. The van der Waals surface area contributed by atoms with Gasteiger partial charge in [0.2, 0.25) is 5.91 Å². The fourth-order valence-electron chi connectivity index (χ4n) is 3.04. The minimum atomic E-state index is -0.201. The molecule has 0 fully saturated rings. The van der Waals surface area contributed by atoms with Crippen LogP contribution >= 0.6 is 23.4 Å². The van der Waals surface area contributed by atoms with Gasteiger partial charge in [-0.05, 0) is 49.6 Å². The predicted molar refractivity (Wildman–Crippen MR) is 127 cm³/mol. The van der Waals surface area contributed by atoms with Crippen LogP contribution in [-0.2, 0) is 11.3 Å². The van der Waals surface area contributed by atoms with Crippen LogP contribution in [0.3, 0.4) is 0 Å². The number of fused-ring (bicyclic) bond motifs is 1. The van der Waals surface area contributed by atoms with Crippen molar-refractivity contribution in [2.75, 3.05) is 17.7 Å². The first-order chi connectivity index (χ1) is 14.9. The molecule has 0 saturated carbocycles. The van der Waals surface area contributed by atoms with Crippen LogP contribution in [0.5, 0.6) is 5.75 Å². The number of carbonyl (C=O) groups is 1. The molecule has 8 heteroatoms. The van der Waals surface area contributed by atoms with E-state index >= 15 is 0 Å². The minimum absolute atomic E-state index is 0.112. The van der Waals surface area contributed by atoms with Gasteiger partial charge >= 0.3 is 0 Å². The van der Waals surface area contributed by atoms with Crippen molar-refractivity contribution in [3.05, 3.63) is 57.8 Å². The summed E-state index contributed by atoms with van der Waals surface area (Å²) in [6, 6.07) is 12.4. The van der Waals surface area contributed by atoms with Crippen LogP contribution < -0.4 is 15.6 Å². The van der Waals surface area contributed by atoms with E-state index in [1.165, 1.54) is 11.8 Å². The lowest BCUT2D eigenvalue weighted by Gasteiger charge is -2.15. The van der Waals surface area contributed by atoms with Gasteiger partial charge in [0, 0.05) is 11.6 Å². The fourth-order valence-corrected chi connectivity index (χ4v) is 4.03. The van der Waals surface area contributed by atoms with Crippen molar-refractivity contribution in [3.8, 4) is 5.75 Å². The van der Waals surface area contributed by atoms with Crippen molar-refractivity contribution < 1.29 is 9.53 Å². The largest absolute Gasteiger partial charge is 0.492 e. The molecule has 0 aliphatic heterocycles. The molecule has 0 aliphatic carbocycles. The van der Waals surface area contributed by atoms with Crippen LogP contribution in [0.15, 0.2) is 52.4 Å². The van der Waals surface area contributed by atoms with Crippen LogP contribution in [0.4, 0.5) is 5.69 Å². The number of ether oxygens (including phenoxy) is 1. The van der Waals surface area contributed by atoms with E-state index in [0.717, 1.165) is 6.42 Å². The van der Waals surface area contributed by atoms with Crippen molar-refractivity contribution in [1.82, 2.24) is 9.55 Å². The molecule has 0 unspecified atom stereocenters. The Labute approximate surface area is 191 Å². The number of amides is 1. The van der Waals surface area contributed by atoms with Crippen LogP contribution in [0.1, 0.15) is 27.2 Å². The van der Waals surface area contributed by atoms with Gasteiger partial charge in [-0.15, -0.1) is 0 Å². The Bertz CT molecular complexity index is 1130. The highest BCUT2D eigenvalue weighted by atomic mass is 35.5. The second-order valence-corrected chi connectivity index (χ2v) is 8.84. The number of hydrogen-bond donors (Lipinski definition) is 1. The Morgan fingerprint density at radius 1 is 1.26 bits per heavy atom. The highest BCUT2D eigenvalue weighted by Crippen LogP contribution is 2.25. The van der Waals surface area contributed by atoms with Gasteiger partial charge in [0.15, 0.2) is 5.16 Å². The highest BCUT2D eigenvalue weighted by molar-refractivity contribution is 7.99. The molecule has 164 valence electrons. The molecule has 0 bridgehead atoms. The Morgan fingerprint density at radius 2 is 2.03 bits per heavy atom. The molecule has 3 aromatic rings. The lowest BCUT2D eigenvalue weighted by atomic mass is 10.1. The molecule has 0 saturated heterocycles. The van der Waals surface area contributed by atoms with Crippen molar-refractivity contribution in [2.24, 2.45) is 5.92 Å². The zero-order valence-corrected chi connectivity index (χ0v) is 19.4. The van der Waals surface area contributed by atoms with Gasteiger partial charge in [0.05, 0.1) is 29.0 Å². The summed E-state index contributed by atoms with van der Waals surface area (Å²) >= 11 is 7.33. The second-order valence-electron chi connectivity index (χ2n) is 7.46. The maximum Gasteiger partial charge on any atom is 0.262 e. The van der Waals surface area contributed by atoms with E-state index in [4.69, 9.17) is 16.3 Å². The Balaban J connectivity index is 1.83. The molecule has 0 atom stereocenters.